The van der Waals surface area contributed by atoms with Crippen molar-refractivity contribution in [1.82, 2.24) is 0 Å². The normalized spacial score (nSPS) is 10.7. The smallest absolute Gasteiger partial charge is 0.336 e. The number of carbonyl (C=O) groups excluding carboxylic acids is 1. The van der Waals surface area contributed by atoms with Crippen LogP contribution in [-0.2, 0) is 11.2 Å². The average molecular weight is 359 g/mol. The predicted octanol–water partition coefficient (Wildman–Crippen LogP) is 3.65. The summed E-state index contributed by atoms with van der Waals surface area (Å²) in [6, 6.07) is 9.05. The number of aryl methyl sites for hydroxylation is 1. The minimum Gasteiger partial charge on any atom is -0.484 e. The number of hydrogen-bond acceptors (Lipinski definition) is 4. The Kier molecular flexibility index (Phi) is 4.97. The van der Waals surface area contributed by atoms with Crippen molar-refractivity contribution in [3.05, 3.63) is 70.1 Å². The molecule has 0 bridgehead atoms. The number of rotatable bonds is 5. The Morgan fingerprint density at radius 1 is 1.12 bits per heavy atom. The third kappa shape index (κ3) is 4.05. The molecule has 3 aromatic rings. The molecule has 0 aliphatic carbocycles. The van der Waals surface area contributed by atoms with Crippen molar-refractivity contribution in [1.29, 1.82) is 0 Å². The van der Waals surface area contributed by atoms with Gasteiger partial charge in [-0.3, -0.25) is 4.79 Å². The van der Waals surface area contributed by atoms with Crippen molar-refractivity contribution in [3.63, 3.8) is 0 Å². The van der Waals surface area contributed by atoms with Gasteiger partial charge in [0.25, 0.3) is 5.91 Å². The molecule has 134 valence electrons. The molecule has 1 amide bonds. The number of carbonyl (C=O) groups is 1. The van der Waals surface area contributed by atoms with E-state index >= 15 is 0 Å². The first-order valence-corrected chi connectivity index (χ1v) is 7.90. The van der Waals surface area contributed by atoms with Crippen LogP contribution in [0.15, 0.2) is 51.7 Å². The third-order valence-electron chi connectivity index (χ3n) is 3.70. The molecule has 0 saturated carbocycles. The fraction of sp³-hybridized carbons (Fsp3) is 0.158. The lowest BCUT2D eigenvalue weighted by molar-refractivity contribution is -0.118. The summed E-state index contributed by atoms with van der Waals surface area (Å²) in [7, 11) is 0. The molecule has 0 aliphatic rings. The average Bonchev–Trinajstić information content (AvgIpc) is 2.57. The molecule has 0 atom stereocenters. The van der Waals surface area contributed by atoms with Crippen molar-refractivity contribution >= 4 is 22.6 Å². The highest BCUT2D eigenvalue weighted by Gasteiger charge is 2.09. The van der Waals surface area contributed by atoms with E-state index in [1.165, 1.54) is 12.1 Å². The maximum Gasteiger partial charge on any atom is 0.336 e. The van der Waals surface area contributed by atoms with Crippen LogP contribution in [0.1, 0.15) is 12.5 Å². The van der Waals surface area contributed by atoms with Gasteiger partial charge in [0.1, 0.15) is 23.0 Å². The van der Waals surface area contributed by atoms with E-state index in [4.69, 9.17) is 9.15 Å². The second kappa shape index (κ2) is 7.35. The second-order valence-electron chi connectivity index (χ2n) is 5.60. The fourth-order valence-corrected chi connectivity index (χ4v) is 2.56. The van der Waals surface area contributed by atoms with Crippen LogP contribution in [0.3, 0.4) is 0 Å². The highest BCUT2D eigenvalue weighted by molar-refractivity contribution is 5.92. The van der Waals surface area contributed by atoms with Gasteiger partial charge in [0.15, 0.2) is 6.61 Å². The Hall–Kier alpha value is -3.22. The zero-order valence-corrected chi connectivity index (χ0v) is 13.8. The van der Waals surface area contributed by atoms with Gasteiger partial charge in [-0.1, -0.05) is 6.92 Å². The van der Waals surface area contributed by atoms with E-state index in [-0.39, 0.29) is 12.3 Å². The van der Waals surface area contributed by atoms with Gasteiger partial charge in [-0.25, -0.2) is 13.6 Å². The van der Waals surface area contributed by atoms with Crippen LogP contribution in [0.25, 0.3) is 11.0 Å². The first-order chi connectivity index (χ1) is 12.4. The number of ether oxygens (including phenoxy) is 1. The standard InChI is InChI=1S/C19H15F2NO4/c1-2-11-5-19(24)26-17-9-15(3-4-16(11)17)25-10-18(23)22-14-7-12(20)6-13(21)8-14/h3-9H,2,10H2,1H3,(H,22,23). The topological polar surface area (TPSA) is 68.5 Å². The number of fused-ring (bicyclic) bond motifs is 1. The summed E-state index contributed by atoms with van der Waals surface area (Å²) in [5, 5.41) is 3.13. The summed E-state index contributed by atoms with van der Waals surface area (Å²) >= 11 is 0. The van der Waals surface area contributed by atoms with Crippen LogP contribution in [-0.4, -0.2) is 12.5 Å². The molecule has 1 N–H and O–H groups in total. The van der Waals surface area contributed by atoms with Crippen LogP contribution in [0.5, 0.6) is 5.75 Å². The monoisotopic (exact) mass is 359 g/mol. The van der Waals surface area contributed by atoms with Crippen molar-refractivity contribution in [3.8, 4) is 5.75 Å². The number of anilines is 1. The largest absolute Gasteiger partial charge is 0.484 e. The molecule has 0 aliphatic heterocycles. The molecule has 7 heteroatoms. The maximum atomic E-state index is 13.1. The highest BCUT2D eigenvalue weighted by Crippen LogP contribution is 2.23. The van der Waals surface area contributed by atoms with E-state index in [9.17, 15) is 18.4 Å². The van der Waals surface area contributed by atoms with Crippen molar-refractivity contribution in [2.24, 2.45) is 0 Å². The zero-order valence-electron chi connectivity index (χ0n) is 13.8. The molecule has 1 heterocycles. The van der Waals surface area contributed by atoms with Crippen molar-refractivity contribution in [2.45, 2.75) is 13.3 Å². The van der Waals surface area contributed by atoms with E-state index in [1.54, 1.807) is 12.1 Å². The van der Waals surface area contributed by atoms with Gasteiger partial charge in [-0.2, -0.15) is 0 Å². The Bertz CT molecular complexity index is 1010. The quantitative estimate of drug-likeness (QED) is 0.706. The minimum atomic E-state index is -0.794. The van der Waals surface area contributed by atoms with Gasteiger partial charge in [-0.05, 0) is 36.2 Å². The molecule has 0 unspecified atom stereocenters. The molecular weight excluding hydrogens is 344 g/mol. The van der Waals surface area contributed by atoms with Gasteiger partial charge in [0, 0.05) is 29.3 Å². The van der Waals surface area contributed by atoms with Crippen molar-refractivity contribution < 1.29 is 22.7 Å². The molecule has 0 spiro atoms. The number of amides is 1. The second-order valence-corrected chi connectivity index (χ2v) is 5.60. The van der Waals surface area contributed by atoms with Crippen LogP contribution in [0.4, 0.5) is 14.5 Å². The molecular formula is C19H15F2NO4. The number of nitrogens with one attached hydrogen (secondary N) is 1. The van der Waals surface area contributed by atoms with Gasteiger partial charge in [0.05, 0.1) is 0 Å². The van der Waals surface area contributed by atoms with Gasteiger partial charge in [0.2, 0.25) is 0 Å². The first kappa shape index (κ1) is 17.6. The molecule has 2 aromatic carbocycles. The number of hydrogen-bond donors (Lipinski definition) is 1. The summed E-state index contributed by atoms with van der Waals surface area (Å²) in [6.45, 7) is 1.56. The molecule has 3 rings (SSSR count). The van der Waals surface area contributed by atoms with Crippen LogP contribution >= 0.6 is 0 Å². The Morgan fingerprint density at radius 3 is 2.54 bits per heavy atom. The lowest BCUT2D eigenvalue weighted by Gasteiger charge is -2.09. The minimum absolute atomic E-state index is 0.00630. The SMILES string of the molecule is CCc1cc(=O)oc2cc(OCC(=O)Nc3cc(F)cc(F)c3)ccc12. The summed E-state index contributed by atoms with van der Waals surface area (Å²) in [4.78, 5) is 23.4. The lowest BCUT2D eigenvalue weighted by Crippen LogP contribution is -2.20. The van der Waals surface area contributed by atoms with Crippen LogP contribution in [0, 0.1) is 11.6 Å². The molecule has 0 fully saturated rings. The molecule has 0 saturated heterocycles. The fourth-order valence-electron chi connectivity index (χ4n) is 2.56. The number of benzene rings is 2. The summed E-state index contributed by atoms with van der Waals surface area (Å²) < 4.78 is 36.7. The van der Waals surface area contributed by atoms with E-state index in [0.717, 1.165) is 23.1 Å². The van der Waals surface area contributed by atoms with E-state index in [0.29, 0.717) is 23.8 Å². The van der Waals surface area contributed by atoms with Gasteiger partial charge in [-0.15, -0.1) is 0 Å². The Balaban J connectivity index is 1.71. The molecule has 26 heavy (non-hydrogen) atoms. The lowest BCUT2D eigenvalue weighted by atomic mass is 10.1. The van der Waals surface area contributed by atoms with Crippen LogP contribution in [0.2, 0.25) is 0 Å². The maximum absolute atomic E-state index is 13.1. The van der Waals surface area contributed by atoms with E-state index in [2.05, 4.69) is 5.32 Å². The molecule has 5 nitrogen and oxygen atoms in total. The number of halogens is 2. The third-order valence-corrected chi connectivity index (χ3v) is 3.70. The summed E-state index contributed by atoms with van der Waals surface area (Å²) in [5.41, 5.74) is 0.749. The van der Waals surface area contributed by atoms with Gasteiger partial charge < -0.3 is 14.5 Å². The predicted molar refractivity (Wildman–Crippen MR) is 92.3 cm³/mol. The molecule has 1 aromatic heterocycles. The highest BCUT2D eigenvalue weighted by atomic mass is 19.1. The van der Waals surface area contributed by atoms with Crippen LogP contribution < -0.4 is 15.7 Å². The first-order valence-electron chi connectivity index (χ1n) is 7.90. The Morgan fingerprint density at radius 2 is 1.85 bits per heavy atom. The van der Waals surface area contributed by atoms with E-state index < -0.39 is 23.2 Å². The van der Waals surface area contributed by atoms with E-state index in [1.807, 2.05) is 6.92 Å². The summed E-state index contributed by atoms with van der Waals surface area (Å²) in [5.74, 6) is -1.84. The zero-order chi connectivity index (χ0) is 18.7. The van der Waals surface area contributed by atoms with Gasteiger partial charge >= 0.3 is 5.63 Å². The molecule has 0 radical (unpaired) electrons. The Labute approximate surface area is 147 Å². The van der Waals surface area contributed by atoms with Crippen molar-refractivity contribution in [2.75, 3.05) is 11.9 Å². The summed E-state index contributed by atoms with van der Waals surface area (Å²) in [6.07, 6.45) is 0.676.